The Morgan fingerprint density at radius 3 is 2.45 bits per heavy atom. The summed E-state index contributed by atoms with van der Waals surface area (Å²) >= 11 is 0. The van der Waals surface area contributed by atoms with E-state index in [4.69, 9.17) is 18.9 Å². The molecule has 0 aliphatic carbocycles. The second-order valence-electron chi connectivity index (χ2n) is 6.51. The Balaban J connectivity index is 1.38. The number of ether oxygens (including phenoxy) is 4. The van der Waals surface area contributed by atoms with Crippen molar-refractivity contribution in [2.24, 2.45) is 0 Å². The summed E-state index contributed by atoms with van der Waals surface area (Å²) in [4.78, 5) is 13.5. The second-order valence-corrected chi connectivity index (χ2v) is 6.51. The molecule has 0 unspecified atom stereocenters. The number of nitrogens with zero attached hydrogens (tertiary/aromatic N) is 1. The van der Waals surface area contributed by atoms with Crippen LogP contribution in [0.15, 0.2) is 0 Å². The molecule has 6 heteroatoms. The summed E-state index contributed by atoms with van der Waals surface area (Å²) in [6.45, 7) is 8.91. The molecule has 0 aromatic heterocycles. The van der Waals surface area contributed by atoms with Gasteiger partial charge in [0.15, 0.2) is 0 Å². The minimum absolute atomic E-state index is 0.00695. The summed E-state index contributed by atoms with van der Waals surface area (Å²) in [5, 5.41) is 0. The maximum Gasteiger partial charge on any atom is 0.410 e. The van der Waals surface area contributed by atoms with E-state index < -0.39 is 0 Å². The number of hydrogen-bond donors (Lipinski definition) is 0. The molecular formula is C14H23NO5. The lowest BCUT2D eigenvalue weighted by atomic mass is 9.97. The number of carbonyl (C=O) groups excluding carboxylic acids is 1. The van der Waals surface area contributed by atoms with Gasteiger partial charge in [0.2, 0.25) is 0 Å². The Hall–Kier alpha value is -0.850. The van der Waals surface area contributed by atoms with Crippen LogP contribution in [-0.4, -0.2) is 67.3 Å². The molecule has 0 radical (unpaired) electrons. The normalized spacial score (nSPS) is 38.5. The van der Waals surface area contributed by atoms with Crippen molar-refractivity contribution in [3.8, 4) is 0 Å². The van der Waals surface area contributed by atoms with Crippen LogP contribution >= 0.6 is 0 Å². The van der Waals surface area contributed by atoms with Gasteiger partial charge in [0.25, 0.3) is 0 Å². The SMILES string of the molecule is CC1(C)O[C@@H]1C[C@@]1(C)O[C@@H]1COC(=O)N1CCOCC1. The first kappa shape index (κ1) is 14.1. The van der Waals surface area contributed by atoms with Gasteiger partial charge in [-0.1, -0.05) is 0 Å². The molecule has 3 saturated heterocycles. The topological polar surface area (TPSA) is 63.8 Å². The van der Waals surface area contributed by atoms with Crippen LogP contribution in [0.5, 0.6) is 0 Å². The van der Waals surface area contributed by atoms with E-state index in [9.17, 15) is 4.79 Å². The van der Waals surface area contributed by atoms with Gasteiger partial charge in [-0.05, 0) is 20.8 Å². The molecule has 3 aliphatic heterocycles. The molecule has 0 N–H and O–H groups in total. The van der Waals surface area contributed by atoms with Crippen molar-refractivity contribution in [2.45, 2.75) is 50.6 Å². The fourth-order valence-corrected chi connectivity index (χ4v) is 2.65. The van der Waals surface area contributed by atoms with Gasteiger partial charge in [-0.25, -0.2) is 4.79 Å². The Labute approximate surface area is 119 Å². The molecule has 0 saturated carbocycles. The van der Waals surface area contributed by atoms with E-state index in [1.807, 2.05) is 0 Å². The molecule has 3 fully saturated rings. The highest BCUT2D eigenvalue weighted by atomic mass is 16.7. The van der Waals surface area contributed by atoms with Crippen molar-refractivity contribution in [3.63, 3.8) is 0 Å². The number of carbonyl (C=O) groups is 1. The molecule has 3 rings (SSSR count). The fourth-order valence-electron chi connectivity index (χ4n) is 2.65. The predicted octanol–water partition coefficient (Wildman–Crippen LogP) is 1.18. The highest BCUT2D eigenvalue weighted by Gasteiger charge is 2.60. The number of amides is 1. The van der Waals surface area contributed by atoms with Crippen LogP contribution in [0.3, 0.4) is 0 Å². The third kappa shape index (κ3) is 2.92. The Kier molecular flexibility index (Phi) is 3.43. The number of rotatable bonds is 4. The summed E-state index contributed by atoms with van der Waals surface area (Å²) in [5.74, 6) is 0. The highest BCUT2D eigenvalue weighted by molar-refractivity contribution is 5.67. The van der Waals surface area contributed by atoms with Crippen LogP contribution in [-0.2, 0) is 18.9 Å². The van der Waals surface area contributed by atoms with Crippen molar-refractivity contribution in [1.82, 2.24) is 4.90 Å². The molecule has 0 aromatic carbocycles. The predicted molar refractivity (Wildman–Crippen MR) is 70.6 cm³/mol. The van der Waals surface area contributed by atoms with Crippen LogP contribution in [0.2, 0.25) is 0 Å². The molecule has 20 heavy (non-hydrogen) atoms. The lowest BCUT2D eigenvalue weighted by Crippen LogP contribution is -2.41. The minimum Gasteiger partial charge on any atom is -0.447 e. The van der Waals surface area contributed by atoms with Crippen molar-refractivity contribution >= 4 is 6.09 Å². The second kappa shape index (κ2) is 4.86. The van der Waals surface area contributed by atoms with E-state index in [-0.39, 0.29) is 29.5 Å². The molecule has 114 valence electrons. The van der Waals surface area contributed by atoms with Crippen LogP contribution in [0.1, 0.15) is 27.2 Å². The molecule has 0 bridgehead atoms. The lowest BCUT2D eigenvalue weighted by Gasteiger charge is -2.25. The third-order valence-corrected chi connectivity index (χ3v) is 4.42. The van der Waals surface area contributed by atoms with Crippen LogP contribution < -0.4 is 0 Å². The number of hydrogen-bond acceptors (Lipinski definition) is 5. The van der Waals surface area contributed by atoms with Crippen molar-refractivity contribution in [2.75, 3.05) is 32.9 Å². The smallest absolute Gasteiger partial charge is 0.410 e. The minimum atomic E-state index is -0.269. The van der Waals surface area contributed by atoms with Gasteiger partial charge >= 0.3 is 6.09 Å². The van der Waals surface area contributed by atoms with Crippen LogP contribution in [0.4, 0.5) is 4.79 Å². The van der Waals surface area contributed by atoms with Crippen LogP contribution in [0, 0.1) is 0 Å². The molecule has 0 spiro atoms. The summed E-state index contributed by atoms with van der Waals surface area (Å²) < 4.78 is 21.8. The van der Waals surface area contributed by atoms with Gasteiger partial charge < -0.3 is 23.8 Å². The number of epoxide rings is 2. The van der Waals surface area contributed by atoms with E-state index in [2.05, 4.69) is 20.8 Å². The molecule has 3 atom stereocenters. The third-order valence-electron chi connectivity index (χ3n) is 4.42. The van der Waals surface area contributed by atoms with E-state index in [1.165, 1.54) is 0 Å². The zero-order chi connectivity index (χ0) is 14.4. The van der Waals surface area contributed by atoms with Crippen molar-refractivity contribution in [3.05, 3.63) is 0 Å². The van der Waals surface area contributed by atoms with E-state index in [0.717, 1.165) is 6.42 Å². The molecule has 1 amide bonds. The lowest BCUT2D eigenvalue weighted by molar-refractivity contribution is 0.0255. The highest BCUT2D eigenvalue weighted by Crippen LogP contribution is 2.48. The van der Waals surface area contributed by atoms with E-state index in [0.29, 0.717) is 32.9 Å². The first-order valence-corrected chi connectivity index (χ1v) is 7.26. The molecule has 3 heterocycles. The van der Waals surface area contributed by atoms with E-state index >= 15 is 0 Å². The molecule has 3 aliphatic rings. The maximum atomic E-state index is 11.8. The molecular weight excluding hydrogens is 262 g/mol. The van der Waals surface area contributed by atoms with Gasteiger partial charge in [-0.2, -0.15) is 0 Å². The summed E-state index contributed by atoms with van der Waals surface area (Å²) in [6, 6.07) is 0. The Bertz CT molecular complexity index is 393. The first-order chi connectivity index (χ1) is 9.41. The zero-order valence-electron chi connectivity index (χ0n) is 12.4. The van der Waals surface area contributed by atoms with Gasteiger partial charge in [0, 0.05) is 19.5 Å². The maximum absolute atomic E-state index is 11.8. The van der Waals surface area contributed by atoms with Gasteiger partial charge in [0.05, 0.1) is 30.5 Å². The Morgan fingerprint density at radius 1 is 1.20 bits per heavy atom. The first-order valence-electron chi connectivity index (χ1n) is 7.26. The molecule has 0 aromatic rings. The standard InChI is InChI=1S/C14H23NO5/c1-13(2)10(19-13)8-14(3)11(20-14)9-18-12(16)15-4-6-17-7-5-15/h10-11H,4-9H2,1-3H3/t10-,11-,14-/m1/s1. The van der Waals surface area contributed by atoms with Gasteiger partial charge in [-0.3, -0.25) is 0 Å². The average Bonchev–Trinajstić information content (AvgIpc) is 3.24. The van der Waals surface area contributed by atoms with Crippen molar-refractivity contribution in [1.29, 1.82) is 0 Å². The summed E-state index contributed by atoms with van der Waals surface area (Å²) in [6.07, 6.45) is 0.842. The number of morpholine rings is 1. The van der Waals surface area contributed by atoms with Gasteiger partial charge in [0.1, 0.15) is 12.7 Å². The average molecular weight is 285 g/mol. The van der Waals surface area contributed by atoms with Gasteiger partial charge in [-0.15, -0.1) is 0 Å². The zero-order valence-corrected chi connectivity index (χ0v) is 12.4. The monoisotopic (exact) mass is 285 g/mol. The van der Waals surface area contributed by atoms with Crippen LogP contribution in [0.25, 0.3) is 0 Å². The van der Waals surface area contributed by atoms with Crippen molar-refractivity contribution < 1.29 is 23.7 Å². The quantitative estimate of drug-likeness (QED) is 0.726. The summed E-state index contributed by atoms with van der Waals surface area (Å²) in [7, 11) is 0. The fraction of sp³-hybridized carbons (Fsp3) is 0.929. The summed E-state index contributed by atoms with van der Waals surface area (Å²) in [5.41, 5.74) is -0.228. The molecule has 6 nitrogen and oxygen atoms in total. The van der Waals surface area contributed by atoms with E-state index in [1.54, 1.807) is 4.90 Å². The largest absolute Gasteiger partial charge is 0.447 e. The Morgan fingerprint density at radius 2 is 1.85 bits per heavy atom.